The minimum absolute atomic E-state index is 0.0703. The second-order valence-corrected chi connectivity index (χ2v) is 6.37. The van der Waals surface area contributed by atoms with Crippen LogP contribution < -0.4 is 4.74 Å². The van der Waals surface area contributed by atoms with E-state index in [0.29, 0.717) is 10.5 Å². The van der Waals surface area contributed by atoms with Crippen molar-refractivity contribution < 1.29 is 23.4 Å². The Morgan fingerprint density at radius 3 is 2.73 bits per heavy atom. The maximum Gasteiger partial charge on any atom is 0.266 e. The Bertz CT molecular complexity index is 944. The number of halogens is 2. The van der Waals surface area contributed by atoms with Gasteiger partial charge in [0, 0.05) is 18.7 Å². The maximum absolute atomic E-state index is 13.8. The van der Waals surface area contributed by atoms with Gasteiger partial charge in [-0.25, -0.2) is 13.8 Å². The number of aromatic hydroxyl groups is 1. The summed E-state index contributed by atoms with van der Waals surface area (Å²) in [6, 6.07) is 7.93. The molecule has 5 nitrogen and oxygen atoms in total. The molecule has 2 aromatic rings. The molecule has 0 aromatic heterocycles. The van der Waals surface area contributed by atoms with Gasteiger partial charge in [-0.05, 0) is 36.0 Å². The van der Waals surface area contributed by atoms with Crippen molar-refractivity contribution in [3.8, 4) is 11.5 Å². The van der Waals surface area contributed by atoms with E-state index in [9.17, 15) is 18.7 Å². The highest BCUT2D eigenvalue weighted by Crippen LogP contribution is 2.37. The van der Waals surface area contributed by atoms with Crippen molar-refractivity contribution in [1.29, 1.82) is 0 Å². The molecule has 0 atom stereocenters. The number of rotatable bonds is 3. The largest absolute Gasteiger partial charge is 0.504 e. The fourth-order valence-electron chi connectivity index (χ4n) is 2.29. The first-order valence-electron chi connectivity index (χ1n) is 7.48. The van der Waals surface area contributed by atoms with E-state index in [-0.39, 0.29) is 28.3 Å². The lowest BCUT2D eigenvalue weighted by atomic mass is 10.1. The number of ether oxygens (including phenoxy) is 1. The van der Waals surface area contributed by atoms with Gasteiger partial charge in [-0.1, -0.05) is 12.1 Å². The van der Waals surface area contributed by atoms with Crippen LogP contribution >= 0.6 is 11.8 Å². The normalized spacial score (nSPS) is 17.4. The summed E-state index contributed by atoms with van der Waals surface area (Å²) in [5, 5.41) is 10.4. The number of hydrogen-bond acceptors (Lipinski definition) is 5. The molecule has 134 valence electrons. The Labute approximate surface area is 152 Å². The monoisotopic (exact) mass is 376 g/mol. The minimum atomic E-state index is -0.818. The number of methoxy groups -OCH3 is 1. The number of phenolic OH excluding ortho intramolecular Hbond substituents is 1. The molecule has 0 radical (unpaired) electrons. The van der Waals surface area contributed by atoms with E-state index in [1.54, 1.807) is 18.2 Å². The number of amidine groups is 1. The third-order valence-corrected chi connectivity index (χ3v) is 4.73. The number of amides is 1. The molecule has 0 saturated carbocycles. The molecule has 0 bridgehead atoms. The van der Waals surface area contributed by atoms with Crippen LogP contribution in [0.3, 0.4) is 0 Å². The standard InChI is InChI=1S/C18H14F2N2O3S/c1-22-17(24)15(8-10-4-3-5-14(25-2)16(10)23)26-18(22)21-13-7-6-11(19)9-12(13)20/h3-9,23H,1-2H3/b15-8+,21-18?. The Kier molecular flexibility index (Phi) is 4.94. The predicted octanol–water partition coefficient (Wildman–Crippen LogP) is 3.91. The van der Waals surface area contributed by atoms with Crippen LogP contribution in [0.15, 0.2) is 46.3 Å². The van der Waals surface area contributed by atoms with Crippen LogP contribution in [0.2, 0.25) is 0 Å². The fourth-order valence-corrected chi connectivity index (χ4v) is 3.26. The number of likely N-dealkylation sites (N-methyl/N-ethyl adjacent to an activating group) is 1. The van der Waals surface area contributed by atoms with E-state index in [0.717, 1.165) is 23.9 Å². The molecule has 8 heteroatoms. The average Bonchev–Trinajstić information content (AvgIpc) is 2.87. The highest BCUT2D eigenvalue weighted by molar-refractivity contribution is 8.18. The molecule has 0 aliphatic carbocycles. The van der Waals surface area contributed by atoms with Gasteiger partial charge in [-0.15, -0.1) is 0 Å². The first-order valence-corrected chi connectivity index (χ1v) is 8.29. The molecule has 26 heavy (non-hydrogen) atoms. The number of para-hydroxylation sites is 1. The molecule has 0 unspecified atom stereocenters. The summed E-state index contributed by atoms with van der Waals surface area (Å²) in [7, 11) is 2.93. The van der Waals surface area contributed by atoms with E-state index in [2.05, 4.69) is 4.99 Å². The molecule has 1 heterocycles. The summed E-state index contributed by atoms with van der Waals surface area (Å²) < 4.78 is 31.8. The zero-order valence-corrected chi connectivity index (χ0v) is 14.7. The summed E-state index contributed by atoms with van der Waals surface area (Å²) in [5.74, 6) is -1.68. The Balaban J connectivity index is 1.95. The van der Waals surface area contributed by atoms with Gasteiger partial charge in [0.1, 0.15) is 11.5 Å². The van der Waals surface area contributed by atoms with Crippen molar-refractivity contribution in [2.24, 2.45) is 4.99 Å². The molecule has 2 aromatic carbocycles. The quantitative estimate of drug-likeness (QED) is 0.825. The highest BCUT2D eigenvalue weighted by atomic mass is 32.2. The topological polar surface area (TPSA) is 62.1 Å². The van der Waals surface area contributed by atoms with Gasteiger partial charge in [0.25, 0.3) is 5.91 Å². The van der Waals surface area contributed by atoms with Crippen molar-refractivity contribution in [1.82, 2.24) is 4.90 Å². The SMILES string of the molecule is COc1cccc(/C=C2/SC(=Nc3ccc(F)cc3F)N(C)C2=O)c1O. The van der Waals surface area contributed by atoms with E-state index < -0.39 is 11.6 Å². The van der Waals surface area contributed by atoms with Crippen LogP contribution in [0.4, 0.5) is 14.5 Å². The summed E-state index contributed by atoms with van der Waals surface area (Å²) >= 11 is 1.03. The van der Waals surface area contributed by atoms with E-state index in [1.807, 2.05) is 0 Å². The molecule has 1 fully saturated rings. The van der Waals surface area contributed by atoms with Gasteiger partial charge in [0.2, 0.25) is 0 Å². The molecule has 1 saturated heterocycles. The fraction of sp³-hybridized carbons (Fsp3) is 0.111. The van der Waals surface area contributed by atoms with Crippen LogP contribution in [0.25, 0.3) is 6.08 Å². The van der Waals surface area contributed by atoms with Crippen molar-refractivity contribution >= 4 is 34.6 Å². The van der Waals surface area contributed by atoms with Crippen LogP contribution in [0, 0.1) is 11.6 Å². The zero-order chi connectivity index (χ0) is 18.8. The third-order valence-electron chi connectivity index (χ3n) is 3.67. The van der Waals surface area contributed by atoms with Gasteiger partial charge >= 0.3 is 0 Å². The summed E-state index contributed by atoms with van der Waals surface area (Å²) in [4.78, 5) is 18.1. The summed E-state index contributed by atoms with van der Waals surface area (Å²) in [5.41, 5.74) is 0.335. The smallest absolute Gasteiger partial charge is 0.266 e. The van der Waals surface area contributed by atoms with Crippen LogP contribution in [-0.2, 0) is 4.79 Å². The molecule has 1 aliphatic rings. The van der Waals surface area contributed by atoms with Crippen molar-refractivity contribution in [3.05, 3.63) is 58.5 Å². The van der Waals surface area contributed by atoms with Crippen LogP contribution in [-0.4, -0.2) is 35.2 Å². The molecule has 1 N–H and O–H groups in total. The predicted molar refractivity (Wildman–Crippen MR) is 96.4 cm³/mol. The number of carbonyl (C=O) groups is 1. The van der Waals surface area contributed by atoms with E-state index in [1.165, 1.54) is 31.2 Å². The van der Waals surface area contributed by atoms with Gasteiger partial charge in [-0.2, -0.15) is 0 Å². The number of phenols is 1. The number of nitrogens with zero attached hydrogens (tertiary/aromatic N) is 2. The lowest BCUT2D eigenvalue weighted by Crippen LogP contribution is -2.23. The Hall–Kier alpha value is -2.87. The van der Waals surface area contributed by atoms with Gasteiger partial charge in [-0.3, -0.25) is 9.69 Å². The van der Waals surface area contributed by atoms with E-state index in [4.69, 9.17) is 4.74 Å². The van der Waals surface area contributed by atoms with Crippen LogP contribution in [0.1, 0.15) is 5.56 Å². The lowest BCUT2D eigenvalue weighted by Gasteiger charge is -2.07. The molecular weight excluding hydrogens is 362 g/mol. The van der Waals surface area contributed by atoms with Crippen molar-refractivity contribution in [2.45, 2.75) is 0 Å². The number of aliphatic imine (C=N–C) groups is 1. The maximum atomic E-state index is 13.8. The second kappa shape index (κ2) is 7.17. The molecule has 3 rings (SSSR count). The zero-order valence-electron chi connectivity index (χ0n) is 13.9. The van der Waals surface area contributed by atoms with Gasteiger partial charge in [0.15, 0.2) is 22.5 Å². The number of hydrogen-bond donors (Lipinski definition) is 1. The van der Waals surface area contributed by atoms with Crippen molar-refractivity contribution in [2.75, 3.05) is 14.2 Å². The van der Waals surface area contributed by atoms with Crippen LogP contribution in [0.5, 0.6) is 11.5 Å². The molecular formula is C18H14F2N2O3S. The summed E-state index contributed by atoms with van der Waals surface area (Å²) in [6.45, 7) is 0. The van der Waals surface area contributed by atoms with E-state index >= 15 is 0 Å². The number of carbonyl (C=O) groups excluding carboxylic acids is 1. The third kappa shape index (κ3) is 3.41. The number of benzene rings is 2. The summed E-state index contributed by atoms with van der Waals surface area (Å²) in [6.07, 6.45) is 1.50. The molecule has 0 spiro atoms. The van der Waals surface area contributed by atoms with Gasteiger partial charge < -0.3 is 9.84 Å². The average molecular weight is 376 g/mol. The van der Waals surface area contributed by atoms with Crippen molar-refractivity contribution in [3.63, 3.8) is 0 Å². The lowest BCUT2D eigenvalue weighted by molar-refractivity contribution is -0.121. The van der Waals surface area contributed by atoms with Gasteiger partial charge in [0.05, 0.1) is 12.0 Å². The Morgan fingerprint density at radius 1 is 1.27 bits per heavy atom. The molecule has 1 aliphatic heterocycles. The Morgan fingerprint density at radius 2 is 2.04 bits per heavy atom. The number of thioether (sulfide) groups is 1. The highest BCUT2D eigenvalue weighted by Gasteiger charge is 2.31. The molecule has 1 amide bonds. The first kappa shape index (κ1) is 17.9. The minimum Gasteiger partial charge on any atom is -0.504 e. The second-order valence-electron chi connectivity index (χ2n) is 5.36. The first-order chi connectivity index (χ1) is 12.4.